The Kier molecular flexibility index (Phi) is 6.68. The normalized spacial score (nSPS) is 12.9. The molecule has 27 heavy (non-hydrogen) atoms. The number of benzene rings is 2. The van der Waals surface area contributed by atoms with Crippen molar-refractivity contribution in [3.05, 3.63) is 65.7 Å². The molecule has 0 radical (unpaired) electrons. The number of halogens is 2. The van der Waals surface area contributed by atoms with Gasteiger partial charge < -0.3 is 10.1 Å². The second kappa shape index (κ2) is 8.77. The first kappa shape index (κ1) is 20.6. The van der Waals surface area contributed by atoms with Gasteiger partial charge in [-0.05, 0) is 48.4 Å². The molecule has 8 heteroatoms. The molecule has 1 atom stereocenters. The fourth-order valence-electron chi connectivity index (χ4n) is 2.28. The van der Waals surface area contributed by atoms with Gasteiger partial charge >= 0.3 is 6.61 Å². The van der Waals surface area contributed by atoms with E-state index in [1.54, 1.807) is 37.3 Å². The van der Waals surface area contributed by atoms with Gasteiger partial charge in [-0.2, -0.15) is 8.78 Å². The fraction of sp³-hybridized carbons (Fsp3) is 0.211. The van der Waals surface area contributed by atoms with Gasteiger partial charge in [-0.15, -0.1) is 0 Å². The Morgan fingerprint density at radius 3 is 2.19 bits per heavy atom. The summed E-state index contributed by atoms with van der Waals surface area (Å²) in [6, 6.07) is 11.8. The smallest absolute Gasteiger partial charge is 0.387 e. The molecule has 0 bridgehead atoms. The molecule has 1 N–H and O–H groups in total. The van der Waals surface area contributed by atoms with Crippen LogP contribution in [0.2, 0.25) is 0 Å². The van der Waals surface area contributed by atoms with E-state index in [1.807, 2.05) is 0 Å². The number of sulfone groups is 1. The third kappa shape index (κ3) is 6.49. The molecule has 0 fully saturated rings. The highest BCUT2D eigenvalue weighted by Crippen LogP contribution is 2.17. The van der Waals surface area contributed by atoms with Gasteiger partial charge in [-0.3, -0.25) is 4.79 Å². The molecule has 5 nitrogen and oxygen atoms in total. The Balaban J connectivity index is 1.95. The molecule has 144 valence electrons. The summed E-state index contributed by atoms with van der Waals surface area (Å²) in [5.41, 5.74) is 1.41. The highest BCUT2D eigenvalue weighted by molar-refractivity contribution is 7.90. The number of rotatable bonds is 7. The van der Waals surface area contributed by atoms with Gasteiger partial charge in [0, 0.05) is 12.3 Å². The summed E-state index contributed by atoms with van der Waals surface area (Å²) < 4.78 is 51.4. The van der Waals surface area contributed by atoms with E-state index in [9.17, 15) is 22.0 Å². The molecule has 0 aromatic heterocycles. The zero-order valence-electron chi connectivity index (χ0n) is 14.7. The van der Waals surface area contributed by atoms with Crippen molar-refractivity contribution in [1.29, 1.82) is 0 Å². The van der Waals surface area contributed by atoms with Crippen LogP contribution in [-0.4, -0.2) is 27.2 Å². The molecule has 0 spiro atoms. The Morgan fingerprint density at radius 2 is 1.67 bits per heavy atom. The molecule has 0 saturated heterocycles. The monoisotopic (exact) mass is 395 g/mol. The van der Waals surface area contributed by atoms with Crippen molar-refractivity contribution in [3.8, 4) is 5.75 Å². The molecule has 2 aromatic rings. The predicted molar refractivity (Wildman–Crippen MR) is 98.2 cm³/mol. The number of hydrogen-bond acceptors (Lipinski definition) is 4. The van der Waals surface area contributed by atoms with Crippen LogP contribution in [0, 0.1) is 0 Å². The third-order valence-electron chi connectivity index (χ3n) is 3.70. The topological polar surface area (TPSA) is 72.5 Å². The summed E-state index contributed by atoms with van der Waals surface area (Å²) in [7, 11) is -3.27. The number of carbonyl (C=O) groups is 1. The maximum absolute atomic E-state index is 12.1. The second-order valence-electron chi connectivity index (χ2n) is 5.85. The van der Waals surface area contributed by atoms with Crippen LogP contribution in [0.3, 0.4) is 0 Å². The van der Waals surface area contributed by atoms with Crippen molar-refractivity contribution in [3.63, 3.8) is 0 Å². The Morgan fingerprint density at radius 1 is 1.07 bits per heavy atom. The molecule has 0 aliphatic rings. The quantitative estimate of drug-likeness (QED) is 0.728. The van der Waals surface area contributed by atoms with Gasteiger partial charge in [0.05, 0.1) is 10.9 Å². The van der Waals surface area contributed by atoms with Crippen molar-refractivity contribution in [2.45, 2.75) is 24.5 Å². The number of amides is 1. The van der Waals surface area contributed by atoms with Crippen LogP contribution < -0.4 is 10.1 Å². The number of ether oxygens (including phenoxy) is 1. The lowest BCUT2D eigenvalue weighted by Crippen LogP contribution is -2.24. The molecule has 0 saturated carbocycles. The van der Waals surface area contributed by atoms with Crippen LogP contribution >= 0.6 is 0 Å². The minimum Gasteiger partial charge on any atom is -0.435 e. The summed E-state index contributed by atoms with van der Waals surface area (Å²) in [5, 5.41) is 2.76. The summed E-state index contributed by atoms with van der Waals surface area (Å²) in [5.74, 6) is -0.305. The van der Waals surface area contributed by atoms with E-state index >= 15 is 0 Å². The van der Waals surface area contributed by atoms with E-state index < -0.39 is 16.4 Å². The van der Waals surface area contributed by atoms with Gasteiger partial charge in [0.15, 0.2) is 9.84 Å². The van der Waals surface area contributed by atoms with E-state index in [2.05, 4.69) is 10.1 Å². The van der Waals surface area contributed by atoms with Crippen LogP contribution in [0.15, 0.2) is 59.5 Å². The van der Waals surface area contributed by atoms with Gasteiger partial charge in [0.1, 0.15) is 5.75 Å². The summed E-state index contributed by atoms with van der Waals surface area (Å²) >= 11 is 0. The van der Waals surface area contributed by atoms with Crippen LogP contribution in [0.4, 0.5) is 8.78 Å². The highest BCUT2D eigenvalue weighted by atomic mass is 32.2. The number of carbonyl (C=O) groups excluding carboxylic acids is 1. The minimum absolute atomic E-state index is 0.0396. The predicted octanol–water partition coefficient (Wildman–Crippen LogP) is 3.58. The van der Waals surface area contributed by atoms with E-state index in [-0.39, 0.29) is 22.6 Å². The maximum atomic E-state index is 12.1. The zero-order chi connectivity index (χ0) is 20.0. The third-order valence-corrected chi connectivity index (χ3v) is 4.83. The highest BCUT2D eigenvalue weighted by Gasteiger charge is 2.10. The number of hydrogen-bond donors (Lipinski definition) is 1. The van der Waals surface area contributed by atoms with Gasteiger partial charge in [0.25, 0.3) is 0 Å². The molecule has 1 unspecified atom stereocenters. The van der Waals surface area contributed by atoms with E-state index in [0.717, 1.165) is 11.8 Å². The average molecular weight is 395 g/mol. The Bertz CT molecular complexity index is 908. The lowest BCUT2D eigenvalue weighted by Gasteiger charge is -2.13. The molecule has 2 aromatic carbocycles. The number of nitrogens with one attached hydrogen (secondary N) is 1. The zero-order valence-corrected chi connectivity index (χ0v) is 15.5. The van der Waals surface area contributed by atoms with Crippen molar-refractivity contribution in [1.82, 2.24) is 5.32 Å². The largest absolute Gasteiger partial charge is 0.435 e. The Hall–Kier alpha value is -2.74. The van der Waals surface area contributed by atoms with Crippen molar-refractivity contribution in [2.75, 3.05) is 6.26 Å². The van der Waals surface area contributed by atoms with Crippen LogP contribution in [0.1, 0.15) is 24.1 Å². The maximum Gasteiger partial charge on any atom is 0.387 e. The molecule has 1 amide bonds. The summed E-state index contributed by atoms with van der Waals surface area (Å²) in [6.45, 7) is -1.11. The summed E-state index contributed by atoms with van der Waals surface area (Å²) in [6.07, 6.45) is 4.00. The Labute approximate surface area is 156 Å². The number of alkyl halides is 2. The average Bonchev–Trinajstić information content (AvgIpc) is 2.60. The van der Waals surface area contributed by atoms with Crippen molar-refractivity contribution < 1.29 is 26.7 Å². The van der Waals surface area contributed by atoms with Gasteiger partial charge in [-0.1, -0.05) is 24.3 Å². The van der Waals surface area contributed by atoms with Crippen LogP contribution in [0.5, 0.6) is 5.75 Å². The first-order chi connectivity index (χ1) is 12.6. The van der Waals surface area contributed by atoms with Crippen molar-refractivity contribution >= 4 is 21.8 Å². The first-order valence-electron chi connectivity index (χ1n) is 7.98. The van der Waals surface area contributed by atoms with Crippen LogP contribution in [-0.2, 0) is 14.6 Å². The summed E-state index contributed by atoms with van der Waals surface area (Å²) in [4.78, 5) is 12.2. The molecule has 0 aliphatic heterocycles. The molecule has 2 rings (SSSR count). The first-order valence-corrected chi connectivity index (χ1v) is 9.88. The fourth-order valence-corrected chi connectivity index (χ4v) is 2.91. The lowest BCUT2D eigenvalue weighted by atomic mass is 10.1. The van der Waals surface area contributed by atoms with Gasteiger partial charge in [0.2, 0.25) is 5.91 Å². The SMILES string of the molecule is CC(NC(=O)/C=C/c1ccc(OC(F)F)cc1)c1ccc(S(C)(=O)=O)cc1. The molecule has 0 aliphatic carbocycles. The van der Waals surface area contributed by atoms with E-state index in [4.69, 9.17) is 0 Å². The second-order valence-corrected chi connectivity index (χ2v) is 7.87. The standard InChI is InChI=1S/C19H19F2NO4S/c1-13(15-6-10-17(11-7-15)27(2,24)25)22-18(23)12-5-14-3-8-16(9-4-14)26-19(20)21/h3-13,19H,1-2H3,(H,22,23)/b12-5+. The van der Waals surface area contributed by atoms with Crippen molar-refractivity contribution in [2.24, 2.45) is 0 Å². The van der Waals surface area contributed by atoms with E-state index in [0.29, 0.717) is 5.56 Å². The van der Waals surface area contributed by atoms with Crippen LogP contribution in [0.25, 0.3) is 6.08 Å². The molecular weight excluding hydrogens is 376 g/mol. The minimum atomic E-state index is -3.27. The molecule has 0 heterocycles. The van der Waals surface area contributed by atoms with Gasteiger partial charge in [-0.25, -0.2) is 8.42 Å². The lowest BCUT2D eigenvalue weighted by molar-refractivity contribution is -0.117. The molecular formula is C19H19F2NO4S. The van der Waals surface area contributed by atoms with E-state index in [1.165, 1.54) is 30.3 Å².